The zero-order chi connectivity index (χ0) is 22.2. The van der Waals surface area contributed by atoms with Gasteiger partial charge in [-0.3, -0.25) is 4.79 Å². The van der Waals surface area contributed by atoms with Gasteiger partial charge >= 0.3 is 0 Å². The SMILES string of the molecule is CCOCCNc1nc(SCC)nc2c1cnn2CCNC(=O)c1c(F)cccc1F. The molecule has 2 aromatic heterocycles. The highest BCUT2D eigenvalue weighted by molar-refractivity contribution is 7.99. The molecule has 0 aliphatic rings. The number of anilines is 1. The Bertz CT molecular complexity index is 1030. The number of carbonyl (C=O) groups excluding carboxylic acids is 1. The second-order valence-electron chi connectivity index (χ2n) is 6.37. The Kier molecular flexibility index (Phi) is 8.13. The van der Waals surface area contributed by atoms with Crippen molar-refractivity contribution in [2.45, 2.75) is 25.5 Å². The van der Waals surface area contributed by atoms with Crippen molar-refractivity contribution < 1.29 is 18.3 Å². The third kappa shape index (κ3) is 5.67. The smallest absolute Gasteiger partial charge is 0.257 e. The summed E-state index contributed by atoms with van der Waals surface area (Å²) in [5.74, 6) is -1.16. The molecule has 1 aromatic carbocycles. The number of nitrogens with zero attached hydrogens (tertiary/aromatic N) is 4. The number of amides is 1. The van der Waals surface area contributed by atoms with Crippen molar-refractivity contribution in [2.75, 3.05) is 37.4 Å². The van der Waals surface area contributed by atoms with Crippen LogP contribution in [0.5, 0.6) is 0 Å². The van der Waals surface area contributed by atoms with Crippen LogP contribution in [-0.2, 0) is 11.3 Å². The molecule has 1 amide bonds. The zero-order valence-corrected chi connectivity index (χ0v) is 18.1. The van der Waals surface area contributed by atoms with E-state index in [4.69, 9.17) is 4.74 Å². The molecule has 31 heavy (non-hydrogen) atoms. The molecule has 0 fully saturated rings. The standard InChI is InChI=1S/C20H24F2N6O2S/c1-3-30-11-9-23-17-13-12-25-28(18(13)27-20(26-17)31-4-2)10-8-24-19(29)16-14(21)6-5-7-15(16)22/h5-7,12H,3-4,8-11H2,1-2H3,(H,24,29)(H,23,26,27). The number of benzene rings is 1. The maximum Gasteiger partial charge on any atom is 0.257 e. The summed E-state index contributed by atoms with van der Waals surface area (Å²) in [6.45, 7) is 6.11. The Balaban J connectivity index is 1.73. The molecule has 0 aliphatic heterocycles. The summed E-state index contributed by atoms with van der Waals surface area (Å²) in [6.07, 6.45) is 1.65. The van der Waals surface area contributed by atoms with Crippen LogP contribution >= 0.6 is 11.8 Å². The normalized spacial score (nSPS) is 11.1. The molecule has 2 heterocycles. The van der Waals surface area contributed by atoms with Crippen molar-refractivity contribution in [3.8, 4) is 0 Å². The lowest BCUT2D eigenvalue weighted by atomic mass is 10.2. The number of thioether (sulfide) groups is 1. The molecule has 3 aromatic rings. The van der Waals surface area contributed by atoms with E-state index in [0.29, 0.717) is 36.4 Å². The fraction of sp³-hybridized carbons (Fsp3) is 0.400. The third-order valence-corrected chi connectivity index (χ3v) is 5.02. The Morgan fingerprint density at radius 3 is 2.68 bits per heavy atom. The van der Waals surface area contributed by atoms with Gasteiger partial charge in [-0.25, -0.2) is 23.4 Å². The Morgan fingerprint density at radius 2 is 1.97 bits per heavy atom. The Labute approximate surface area is 182 Å². The van der Waals surface area contributed by atoms with E-state index in [1.807, 2.05) is 13.8 Å². The van der Waals surface area contributed by atoms with Gasteiger partial charge in [0.05, 0.1) is 24.7 Å². The lowest BCUT2D eigenvalue weighted by Gasteiger charge is -2.10. The first-order chi connectivity index (χ1) is 15.0. The van der Waals surface area contributed by atoms with Crippen LogP contribution in [0.2, 0.25) is 0 Å². The Hall–Kier alpha value is -2.79. The van der Waals surface area contributed by atoms with Gasteiger partial charge in [0.25, 0.3) is 5.91 Å². The number of carbonyl (C=O) groups is 1. The van der Waals surface area contributed by atoms with Gasteiger partial charge in [0.1, 0.15) is 23.0 Å². The van der Waals surface area contributed by atoms with E-state index < -0.39 is 23.1 Å². The number of hydrogen-bond donors (Lipinski definition) is 2. The minimum absolute atomic E-state index is 0.122. The van der Waals surface area contributed by atoms with E-state index in [9.17, 15) is 13.6 Å². The molecule has 8 nitrogen and oxygen atoms in total. The predicted octanol–water partition coefficient (Wildman–Crippen LogP) is 3.09. The summed E-state index contributed by atoms with van der Waals surface area (Å²) in [6, 6.07) is 3.30. The summed E-state index contributed by atoms with van der Waals surface area (Å²) in [7, 11) is 0. The number of rotatable bonds is 11. The number of aromatic nitrogens is 4. The molecule has 0 unspecified atom stereocenters. The van der Waals surface area contributed by atoms with E-state index in [2.05, 4.69) is 25.7 Å². The van der Waals surface area contributed by atoms with Gasteiger partial charge in [0, 0.05) is 19.7 Å². The van der Waals surface area contributed by atoms with Crippen molar-refractivity contribution in [1.82, 2.24) is 25.1 Å². The van der Waals surface area contributed by atoms with Gasteiger partial charge in [0.15, 0.2) is 10.8 Å². The molecule has 0 radical (unpaired) electrons. The molecule has 0 saturated carbocycles. The topological polar surface area (TPSA) is 94.0 Å². The van der Waals surface area contributed by atoms with Crippen molar-refractivity contribution >= 4 is 34.5 Å². The minimum Gasteiger partial charge on any atom is -0.380 e. The summed E-state index contributed by atoms with van der Waals surface area (Å²) in [5.41, 5.74) is 0.00810. The van der Waals surface area contributed by atoms with Crippen LogP contribution in [0.15, 0.2) is 29.6 Å². The third-order valence-electron chi connectivity index (χ3n) is 4.29. The molecule has 166 valence electrons. The monoisotopic (exact) mass is 450 g/mol. The van der Waals surface area contributed by atoms with E-state index in [1.165, 1.54) is 17.8 Å². The summed E-state index contributed by atoms with van der Waals surface area (Å²) in [4.78, 5) is 21.3. The average molecular weight is 451 g/mol. The van der Waals surface area contributed by atoms with Crippen LogP contribution < -0.4 is 10.6 Å². The zero-order valence-electron chi connectivity index (χ0n) is 17.3. The van der Waals surface area contributed by atoms with Crippen LogP contribution in [0.4, 0.5) is 14.6 Å². The fourth-order valence-electron chi connectivity index (χ4n) is 2.89. The van der Waals surface area contributed by atoms with Crippen LogP contribution in [0.25, 0.3) is 11.0 Å². The predicted molar refractivity (Wildman–Crippen MR) is 115 cm³/mol. The fourth-order valence-corrected chi connectivity index (χ4v) is 3.46. The number of ether oxygens (including phenoxy) is 1. The molecule has 11 heteroatoms. The highest BCUT2D eigenvalue weighted by atomic mass is 32.2. The summed E-state index contributed by atoms with van der Waals surface area (Å²) >= 11 is 1.50. The van der Waals surface area contributed by atoms with Crippen LogP contribution in [0.1, 0.15) is 24.2 Å². The van der Waals surface area contributed by atoms with Gasteiger partial charge in [-0.15, -0.1) is 0 Å². The number of halogens is 2. The quantitative estimate of drug-likeness (QED) is 0.263. The number of fused-ring (bicyclic) bond motifs is 1. The van der Waals surface area contributed by atoms with Crippen molar-refractivity contribution in [3.05, 3.63) is 41.6 Å². The maximum atomic E-state index is 13.8. The average Bonchev–Trinajstić information content (AvgIpc) is 3.14. The first kappa shape index (κ1) is 22.9. The molecule has 0 saturated heterocycles. The van der Waals surface area contributed by atoms with Gasteiger partial charge in [-0.1, -0.05) is 24.8 Å². The summed E-state index contributed by atoms with van der Waals surface area (Å²) in [5, 5.41) is 11.5. The highest BCUT2D eigenvalue weighted by Crippen LogP contribution is 2.24. The van der Waals surface area contributed by atoms with Gasteiger partial charge in [0.2, 0.25) is 0 Å². The molecule has 2 N–H and O–H groups in total. The second-order valence-corrected chi connectivity index (χ2v) is 7.60. The van der Waals surface area contributed by atoms with Gasteiger partial charge in [-0.05, 0) is 24.8 Å². The number of nitrogens with one attached hydrogen (secondary N) is 2. The molecule has 0 spiro atoms. The largest absolute Gasteiger partial charge is 0.380 e. The Morgan fingerprint density at radius 1 is 1.19 bits per heavy atom. The van der Waals surface area contributed by atoms with Crippen LogP contribution in [0, 0.1) is 11.6 Å². The molecule has 0 bridgehead atoms. The van der Waals surface area contributed by atoms with E-state index in [0.717, 1.165) is 23.3 Å². The number of hydrogen-bond acceptors (Lipinski definition) is 7. The molecular formula is C20H24F2N6O2S. The maximum absolute atomic E-state index is 13.8. The first-order valence-electron chi connectivity index (χ1n) is 9.95. The minimum atomic E-state index is -0.904. The van der Waals surface area contributed by atoms with Gasteiger partial charge < -0.3 is 15.4 Å². The van der Waals surface area contributed by atoms with E-state index >= 15 is 0 Å². The van der Waals surface area contributed by atoms with E-state index in [-0.39, 0.29) is 13.1 Å². The molecule has 3 rings (SSSR count). The lowest BCUT2D eigenvalue weighted by Crippen LogP contribution is -2.29. The van der Waals surface area contributed by atoms with Crippen molar-refractivity contribution in [3.63, 3.8) is 0 Å². The first-order valence-corrected chi connectivity index (χ1v) is 10.9. The van der Waals surface area contributed by atoms with Gasteiger partial charge in [-0.2, -0.15) is 5.10 Å². The highest BCUT2D eigenvalue weighted by Gasteiger charge is 2.17. The second kappa shape index (κ2) is 11.0. The van der Waals surface area contributed by atoms with Crippen LogP contribution in [-0.4, -0.2) is 57.7 Å². The molecule has 0 atom stereocenters. The molecule has 0 aliphatic carbocycles. The van der Waals surface area contributed by atoms with E-state index in [1.54, 1.807) is 10.9 Å². The summed E-state index contributed by atoms with van der Waals surface area (Å²) < 4.78 is 34.5. The van der Waals surface area contributed by atoms with Crippen molar-refractivity contribution in [2.24, 2.45) is 0 Å². The van der Waals surface area contributed by atoms with Crippen molar-refractivity contribution in [1.29, 1.82) is 0 Å². The van der Waals surface area contributed by atoms with Crippen LogP contribution in [0.3, 0.4) is 0 Å². The molecular weight excluding hydrogens is 426 g/mol. The lowest BCUT2D eigenvalue weighted by molar-refractivity contribution is 0.0943.